The summed E-state index contributed by atoms with van der Waals surface area (Å²) in [7, 11) is 0. The van der Waals surface area contributed by atoms with Gasteiger partial charge in [0.15, 0.2) is 0 Å². The zero-order valence-corrected chi connectivity index (χ0v) is 6.28. The van der Waals surface area contributed by atoms with Gasteiger partial charge in [0, 0.05) is 0 Å². The van der Waals surface area contributed by atoms with Crippen molar-refractivity contribution in [1.29, 1.82) is 0 Å². The first kappa shape index (κ1) is 6.60. The van der Waals surface area contributed by atoms with Gasteiger partial charge in [-0.2, -0.15) is 0 Å². The second kappa shape index (κ2) is 2.86. The van der Waals surface area contributed by atoms with E-state index < -0.39 is 0 Å². The molecule has 0 atom stereocenters. The average Bonchev–Trinajstić information content (AvgIpc) is 1.78. The van der Waals surface area contributed by atoms with Gasteiger partial charge in [0.05, 0.1) is 0 Å². The largest absolute Gasteiger partial charge is 0.0654 e. The van der Waals surface area contributed by atoms with Gasteiger partial charge in [-0.15, -0.1) is 0 Å². The fourth-order valence-corrected chi connectivity index (χ4v) is 1.10. The van der Waals surface area contributed by atoms with Crippen LogP contribution >= 0.6 is 0 Å². The molecule has 50 valence electrons. The second-order valence-electron chi connectivity index (χ2n) is 2.71. The summed E-state index contributed by atoms with van der Waals surface area (Å²) in [5.41, 5.74) is 2.97. The standard InChI is InChI=1S/C9H14/c1-3-4-5-9-6-8(2)7-9/h6-7H,3-5H2,1-2H3. The number of hydrogen-bond donors (Lipinski definition) is 0. The number of hydrogen-bond acceptors (Lipinski definition) is 0. The Morgan fingerprint density at radius 1 is 1.33 bits per heavy atom. The Morgan fingerprint density at radius 3 is 2.44 bits per heavy atom. The Hall–Kier alpha value is -0.520. The lowest BCUT2D eigenvalue weighted by Gasteiger charge is -2.10. The minimum atomic E-state index is 1.29. The van der Waals surface area contributed by atoms with Crippen LogP contribution < -0.4 is 0 Å². The molecular weight excluding hydrogens is 108 g/mol. The van der Waals surface area contributed by atoms with Crippen molar-refractivity contribution in [2.24, 2.45) is 0 Å². The minimum absolute atomic E-state index is 1.29. The highest BCUT2D eigenvalue weighted by molar-refractivity contribution is 5.42. The van der Waals surface area contributed by atoms with Crippen molar-refractivity contribution >= 4 is 0 Å². The van der Waals surface area contributed by atoms with E-state index in [0.717, 1.165) is 0 Å². The fraction of sp³-hybridized carbons (Fsp3) is 0.556. The van der Waals surface area contributed by atoms with E-state index in [2.05, 4.69) is 26.0 Å². The first-order chi connectivity index (χ1) is 4.33. The van der Waals surface area contributed by atoms with E-state index >= 15 is 0 Å². The SMILES string of the molecule is CCCCC1=CC(C)=C1. The Kier molecular flexibility index (Phi) is 2.10. The van der Waals surface area contributed by atoms with Crippen molar-refractivity contribution in [3.05, 3.63) is 23.3 Å². The van der Waals surface area contributed by atoms with Crippen molar-refractivity contribution in [3.8, 4) is 0 Å². The summed E-state index contributed by atoms with van der Waals surface area (Å²) in [5.74, 6) is 0. The highest BCUT2D eigenvalue weighted by Crippen LogP contribution is 2.21. The summed E-state index contributed by atoms with van der Waals surface area (Å²) in [6.07, 6.45) is 8.49. The van der Waals surface area contributed by atoms with Gasteiger partial charge >= 0.3 is 0 Å². The molecule has 0 aromatic rings. The molecule has 0 aliphatic heterocycles. The monoisotopic (exact) mass is 122 g/mol. The number of rotatable bonds is 3. The van der Waals surface area contributed by atoms with Crippen LogP contribution in [0.25, 0.3) is 0 Å². The van der Waals surface area contributed by atoms with Gasteiger partial charge in [0.2, 0.25) is 0 Å². The van der Waals surface area contributed by atoms with Crippen LogP contribution in [0.3, 0.4) is 0 Å². The molecule has 1 rings (SSSR count). The van der Waals surface area contributed by atoms with E-state index in [-0.39, 0.29) is 0 Å². The zero-order valence-electron chi connectivity index (χ0n) is 6.28. The summed E-state index contributed by atoms with van der Waals surface area (Å²) in [4.78, 5) is 0. The summed E-state index contributed by atoms with van der Waals surface area (Å²) in [5, 5.41) is 0. The Bertz CT molecular complexity index is 149. The molecule has 0 nitrogen and oxygen atoms in total. The van der Waals surface area contributed by atoms with Crippen LogP contribution in [-0.2, 0) is 0 Å². The lowest BCUT2D eigenvalue weighted by atomic mass is 9.96. The predicted octanol–water partition coefficient (Wildman–Crippen LogP) is 3.06. The van der Waals surface area contributed by atoms with Gasteiger partial charge in [0.25, 0.3) is 0 Å². The van der Waals surface area contributed by atoms with Crippen LogP contribution in [0, 0.1) is 0 Å². The summed E-state index contributed by atoms with van der Waals surface area (Å²) < 4.78 is 0. The van der Waals surface area contributed by atoms with E-state index in [9.17, 15) is 0 Å². The molecular formula is C9H14. The maximum atomic E-state index is 2.27. The third-order valence-corrected chi connectivity index (χ3v) is 1.65. The van der Waals surface area contributed by atoms with Crippen LogP contribution in [-0.4, -0.2) is 0 Å². The molecule has 0 aromatic carbocycles. The Labute approximate surface area is 57.3 Å². The second-order valence-corrected chi connectivity index (χ2v) is 2.71. The average molecular weight is 122 g/mol. The lowest BCUT2D eigenvalue weighted by Crippen LogP contribution is -1.90. The van der Waals surface area contributed by atoms with Gasteiger partial charge < -0.3 is 0 Å². The molecule has 0 saturated carbocycles. The van der Waals surface area contributed by atoms with E-state index in [4.69, 9.17) is 0 Å². The number of unbranched alkanes of at least 4 members (excludes halogenated alkanes) is 1. The topological polar surface area (TPSA) is 0 Å². The first-order valence-corrected chi connectivity index (χ1v) is 3.72. The molecule has 1 aliphatic rings. The molecule has 0 amide bonds. The van der Waals surface area contributed by atoms with Crippen molar-refractivity contribution in [2.75, 3.05) is 0 Å². The number of allylic oxidation sites excluding steroid dienone is 4. The molecule has 0 radical (unpaired) electrons. The minimum Gasteiger partial charge on any atom is -0.0654 e. The van der Waals surface area contributed by atoms with Crippen molar-refractivity contribution < 1.29 is 0 Å². The molecule has 0 spiro atoms. The van der Waals surface area contributed by atoms with Crippen LogP contribution in [0.5, 0.6) is 0 Å². The Morgan fingerprint density at radius 2 is 2.00 bits per heavy atom. The fourth-order valence-electron chi connectivity index (χ4n) is 1.10. The van der Waals surface area contributed by atoms with Gasteiger partial charge in [-0.25, -0.2) is 0 Å². The quantitative estimate of drug-likeness (QED) is 0.539. The van der Waals surface area contributed by atoms with Crippen LogP contribution in [0.1, 0.15) is 33.1 Å². The molecule has 9 heavy (non-hydrogen) atoms. The normalized spacial score (nSPS) is 16.2. The van der Waals surface area contributed by atoms with Gasteiger partial charge in [-0.1, -0.05) is 31.1 Å². The summed E-state index contributed by atoms with van der Waals surface area (Å²) in [6, 6.07) is 0. The predicted molar refractivity (Wildman–Crippen MR) is 41.4 cm³/mol. The molecule has 0 saturated heterocycles. The van der Waals surface area contributed by atoms with Gasteiger partial charge in [0.1, 0.15) is 0 Å². The zero-order chi connectivity index (χ0) is 6.69. The van der Waals surface area contributed by atoms with E-state index in [0.29, 0.717) is 0 Å². The summed E-state index contributed by atoms with van der Waals surface area (Å²) >= 11 is 0. The van der Waals surface area contributed by atoms with E-state index in [1.54, 1.807) is 0 Å². The molecule has 0 N–H and O–H groups in total. The highest BCUT2D eigenvalue weighted by atomic mass is 14.1. The third kappa shape index (κ3) is 1.70. The van der Waals surface area contributed by atoms with E-state index in [1.165, 1.54) is 30.4 Å². The first-order valence-electron chi connectivity index (χ1n) is 3.72. The molecule has 1 aliphatic carbocycles. The maximum Gasteiger partial charge on any atom is -0.0279 e. The molecule has 0 heterocycles. The van der Waals surface area contributed by atoms with Crippen LogP contribution in [0.2, 0.25) is 0 Å². The summed E-state index contributed by atoms with van der Waals surface area (Å²) in [6.45, 7) is 4.38. The van der Waals surface area contributed by atoms with Crippen molar-refractivity contribution in [2.45, 2.75) is 33.1 Å². The molecule has 0 fully saturated rings. The smallest absolute Gasteiger partial charge is 0.0279 e. The molecule has 0 bridgehead atoms. The van der Waals surface area contributed by atoms with Crippen LogP contribution in [0.15, 0.2) is 23.3 Å². The Balaban J connectivity index is 2.11. The molecule has 0 heteroatoms. The molecule has 0 aromatic heterocycles. The van der Waals surface area contributed by atoms with Crippen LogP contribution in [0.4, 0.5) is 0 Å². The van der Waals surface area contributed by atoms with Gasteiger partial charge in [-0.3, -0.25) is 0 Å². The highest BCUT2D eigenvalue weighted by Gasteiger charge is 2.01. The van der Waals surface area contributed by atoms with Gasteiger partial charge in [-0.05, 0) is 25.3 Å². The van der Waals surface area contributed by atoms with Crippen molar-refractivity contribution in [1.82, 2.24) is 0 Å². The maximum absolute atomic E-state index is 2.27. The third-order valence-electron chi connectivity index (χ3n) is 1.65. The van der Waals surface area contributed by atoms with E-state index in [1.807, 2.05) is 0 Å². The lowest BCUT2D eigenvalue weighted by molar-refractivity contribution is 0.792. The van der Waals surface area contributed by atoms with Crippen molar-refractivity contribution in [3.63, 3.8) is 0 Å². The molecule has 0 unspecified atom stereocenters.